The molecule has 0 saturated heterocycles. The largest absolute Gasteiger partial charge is 0.239 e. The van der Waals surface area contributed by atoms with Crippen molar-refractivity contribution in [2.45, 2.75) is 44.7 Å². The average molecular weight is 519 g/mol. The highest BCUT2D eigenvalue weighted by Crippen LogP contribution is 2.52. The summed E-state index contributed by atoms with van der Waals surface area (Å²) in [5.41, 5.74) is 13.8. The summed E-state index contributed by atoms with van der Waals surface area (Å²) in [6.45, 7) is 4.67. The molecule has 3 unspecified atom stereocenters. The Hall–Kier alpha value is -4.30. The molecule has 0 amide bonds. The second-order valence-electron chi connectivity index (χ2n) is 12.1. The van der Waals surface area contributed by atoms with Gasteiger partial charge in [-0.2, -0.15) is 9.13 Å². The van der Waals surface area contributed by atoms with E-state index >= 15 is 0 Å². The van der Waals surface area contributed by atoms with Crippen molar-refractivity contribution in [2.75, 3.05) is 0 Å². The summed E-state index contributed by atoms with van der Waals surface area (Å²) in [6.07, 6.45) is 6.98. The van der Waals surface area contributed by atoms with E-state index in [4.69, 9.17) is 0 Å². The van der Waals surface area contributed by atoms with Crippen molar-refractivity contribution in [3.05, 3.63) is 144 Å². The minimum atomic E-state index is 0.246. The van der Waals surface area contributed by atoms with Gasteiger partial charge in [-0.25, -0.2) is 0 Å². The molecule has 0 saturated carbocycles. The molecule has 2 aliphatic heterocycles. The monoisotopic (exact) mass is 518 g/mol. The van der Waals surface area contributed by atoms with E-state index in [0.29, 0.717) is 17.9 Å². The fourth-order valence-corrected chi connectivity index (χ4v) is 7.60. The zero-order valence-corrected chi connectivity index (χ0v) is 23.2. The van der Waals surface area contributed by atoms with Crippen LogP contribution in [-0.4, -0.2) is 0 Å². The summed E-state index contributed by atoms with van der Waals surface area (Å²) in [6, 6.07) is 41.3. The van der Waals surface area contributed by atoms with Crippen LogP contribution in [0.2, 0.25) is 0 Å². The SMILES string of the molecule is CC(C)Cc1cccc2[n+]1C1C(C3=CC1[n+]1ccccc1-c1cc(-c4ccccc4)ccc1C3)c1ccccc1-2. The average Bonchev–Trinajstić information content (AvgIpc) is 3.37. The summed E-state index contributed by atoms with van der Waals surface area (Å²) in [7, 11) is 0. The quantitative estimate of drug-likeness (QED) is 0.170. The molecule has 0 fully saturated rings. The van der Waals surface area contributed by atoms with Gasteiger partial charge in [0, 0.05) is 30.7 Å². The third-order valence-corrected chi connectivity index (χ3v) is 9.17. The molecule has 3 aliphatic rings. The van der Waals surface area contributed by atoms with Crippen molar-refractivity contribution in [3.8, 4) is 33.6 Å². The van der Waals surface area contributed by atoms with Crippen molar-refractivity contribution in [2.24, 2.45) is 5.92 Å². The third-order valence-electron chi connectivity index (χ3n) is 9.17. The predicted molar refractivity (Wildman–Crippen MR) is 161 cm³/mol. The Kier molecular flexibility index (Phi) is 5.38. The standard InChI is InChI=1S/C38H34N2/c1-25(2)21-30-13-10-17-35-31-14-6-7-15-32(31)37-29-22-28-19-18-27(26-11-4-3-5-12-26)23-33(28)34-16-8-9-20-39(34)36(24-29)38(37)40(30)35/h3-20,23-25,36-38H,21-22H2,1-2H3/q+2. The number of allylic oxidation sites excluding steroid dienone is 2. The lowest BCUT2D eigenvalue weighted by atomic mass is 9.79. The van der Waals surface area contributed by atoms with Crippen molar-refractivity contribution in [1.29, 1.82) is 0 Å². The molecule has 2 aromatic heterocycles. The van der Waals surface area contributed by atoms with Crippen molar-refractivity contribution in [1.82, 2.24) is 0 Å². The van der Waals surface area contributed by atoms with E-state index in [1.807, 2.05) is 0 Å². The maximum Gasteiger partial charge on any atom is 0.239 e. The Labute approximate surface area is 236 Å². The maximum absolute atomic E-state index is 2.72. The number of pyridine rings is 2. The van der Waals surface area contributed by atoms with Gasteiger partial charge in [0.2, 0.25) is 23.5 Å². The van der Waals surface area contributed by atoms with Crippen LogP contribution in [0.5, 0.6) is 0 Å². The minimum absolute atomic E-state index is 0.246. The topological polar surface area (TPSA) is 7.76 Å². The van der Waals surface area contributed by atoms with Gasteiger partial charge in [0.25, 0.3) is 0 Å². The summed E-state index contributed by atoms with van der Waals surface area (Å²) >= 11 is 0. The van der Waals surface area contributed by atoms with Crippen LogP contribution < -0.4 is 9.13 Å². The highest BCUT2D eigenvalue weighted by Gasteiger charge is 2.55. The molecule has 0 N–H and O–H groups in total. The highest BCUT2D eigenvalue weighted by atomic mass is 15.1. The van der Waals surface area contributed by atoms with E-state index in [0.717, 1.165) is 12.8 Å². The molecule has 2 nitrogen and oxygen atoms in total. The fraction of sp³-hybridized carbons (Fsp3) is 0.211. The predicted octanol–water partition coefficient (Wildman–Crippen LogP) is 7.84. The number of aromatic nitrogens is 2. The normalized spacial score (nSPS) is 19.9. The molecule has 194 valence electrons. The van der Waals surface area contributed by atoms with Gasteiger partial charge < -0.3 is 0 Å². The van der Waals surface area contributed by atoms with Gasteiger partial charge in [0.1, 0.15) is 0 Å². The molecule has 5 aromatic rings. The summed E-state index contributed by atoms with van der Waals surface area (Å²) < 4.78 is 5.28. The number of hydrogen-bond acceptors (Lipinski definition) is 0. The van der Waals surface area contributed by atoms with Gasteiger partial charge in [0.15, 0.2) is 11.9 Å². The molecule has 4 heterocycles. The summed E-state index contributed by atoms with van der Waals surface area (Å²) in [5.74, 6) is 0.950. The molecule has 8 rings (SSSR count). The van der Waals surface area contributed by atoms with Crippen molar-refractivity contribution >= 4 is 0 Å². The zero-order valence-electron chi connectivity index (χ0n) is 23.2. The van der Waals surface area contributed by atoms with Crippen LogP contribution in [0.25, 0.3) is 33.6 Å². The van der Waals surface area contributed by atoms with Gasteiger partial charge in [-0.15, -0.1) is 0 Å². The number of nitrogens with zero attached hydrogens (tertiary/aromatic N) is 2. The van der Waals surface area contributed by atoms with E-state index in [9.17, 15) is 0 Å². The fourth-order valence-electron chi connectivity index (χ4n) is 7.60. The van der Waals surface area contributed by atoms with E-state index in [-0.39, 0.29) is 6.04 Å². The van der Waals surface area contributed by atoms with Crippen LogP contribution >= 0.6 is 0 Å². The molecule has 0 spiro atoms. The molecule has 2 bridgehead atoms. The molecule has 0 radical (unpaired) electrons. The van der Waals surface area contributed by atoms with Crippen molar-refractivity contribution in [3.63, 3.8) is 0 Å². The Morgan fingerprint density at radius 3 is 2.40 bits per heavy atom. The minimum Gasteiger partial charge on any atom is -0.185 e. The first kappa shape index (κ1) is 23.6. The second kappa shape index (κ2) is 9.13. The molecule has 3 atom stereocenters. The van der Waals surface area contributed by atoms with Crippen LogP contribution in [0.3, 0.4) is 0 Å². The van der Waals surface area contributed by atoms with E-state index in [2.05, 4.69) is 144 Å². The molecule has 1 aliphatic carbocycles. The number of rotatable bonds is 3. The lowest BCUT2D eigenvalue weighted by Crippen LogP contribution is -2.57. The van der Waals surface area contributed by atoms with Crippen LogP contribution in [0, 0.1) is 5.92 Å². The lowest BCUT2D eigenvalue weighted by Gasteiger charge is -2.30. The Morgan fingerprint density at radius 2 is 1.52 bits per heavy atom. The van der Waals surface area contributed by atoms with Gasteiger partial charge >= 0.3 is 0 Å². The van der Waals surface area contributed by atoms with E-state index in [1.54, 1.807) is 5.57 Å². The Balaban J connectivity index is 1.38. The summed E-state index contributed by atoms with van der Waals surface area (Å²) in [4.78, 5) is 0. The van der Waals surface area contributed by atoms with Gasteiger partial charge in [-0.3, -0.25) is 0 Å². The first-order chi connectivity index (χ1) is 19.7. The highest BCUT2D eigenvalue weighted by molar-refractivity contribution is 5.74. The number of fused-ring (bicyclic) bond motifs is 13. The maximum atomic E-state index is 2.72. The molecule has 2 heteroatoms. The number of hydrogen-bond donors (Lipinski definition) is 0. The van der Waals surface area contributed by atoms with Crippen LogP contribution in [0.1, 0.15) is 48.7 Å². The van der Waals surface area contributed by atoms with E-state index in [1.165, 1.54) is 50.5 Å². The molecule has 40 heavy (non-hydrogen) atoms. The van der Waals surface area contributed by atoms with Crippen LogP contribution in [-0.2, 0) is 12.8 Å². The van der Waals surface area contributed by atoms with Gasteiger partial charge in [-0.05, 0) is 70.5 Å². The number of benzene rings is 3. The zero-order chi connectivity index (χ0) is 26.8. The second-order valence-corrected chi connectivity index (χ2v) is 12.1. The van der Waals surface area contributed by atoms with E-state index < -0.39 is 0 Å². The lowest BCUT2D eigenvalue weighted by molar-refractivity contribution is -0.803. The smallest absolute Gasteiger partial charge is 0.185 e. The van der Waals surface area contributed by atoms with Gasteiger partial charge in [0.05, 0.1) is 17.0 Å². The Bertz CT molecular complexity index is 1800. The first-order valence-electron chi connectivity index (χ1n) is 14.7. The third kappa shape index (κ3) is 3.55. The molecular weight excluding hydrogens is 484 g/mol. The first-order valence-corrected chi connectivity index (χ1v) is 14.7. The summed E-state index contributed by atoms with van der Waals surface area (Å²) in [5, 5.41) is 0. The van der Waals surface area contributed by atoms with Crippen LogP contribution in [0.15, 0.2) is 127 Å². The van der Waals surface area contributed by atoms with Gasteiger partial charge in [-0.1, -0.05) is 74.5 Å². The molecular formula is C38H34N2+2. The Morgan fingerprint density at radius 1 is 0.725 bits per heavy atom. The molecule has 3 aromatic carbocycles. The van der Waals surface area contributed by atoms with Crippen LogP contribution in [0.4, 0.5) is 0 Å². The van der Waals surface area contributed by atoms with Crippen molar-refractivity contribution < 1.29 is 9.13 Å².